The Balaban J connectivity index is 1.78. The first-order valence-electron chi connectivity index (χ1n) is 6.86. The molecule has 3 nitrogen and oxygen atoms in total. The van der Waals surface area contributed by atoms with Crippen molar-refractivity contribution in [2.75, 3.05) is 11.9 Å². The summed E-state index contributed by atoms with van der Waals surface area (Å²) in [6, 6.07) is 9.75. The number of nitrogens with zero attached hydrogens (tertiary/aromatic N) is 2. The van der Waals surface area contributed by atoms with Gasteiger partial charge in [0.15, 0.2) is 0 Å². The van der Waals surface area contributed by atoms with Crippen molar-refractivity contribution in [3.8, 4) is 6.07 Å². The van der Waals surface area contributed by atoms with E-state index in [0.29, 0.717) is 28.7 Å². The van der Waals surface area contributed by atoms with Crippen molar-refractivity contribution in [1.29, 1.82) is 5.26 Å². The SMILES string of the molecule is CN(c1ccc(C#N)c(Cl)c1)C1CC2CCC(C1)N2. The first kappa shape index (κ1) is 12.8. The molecule has 1 aromatic carbocycles. The number of halogens is 1. The minimum atomic E-state index is 0.545. The second-order valence-corrected chi connectivity index (χ2v) is 6.06. The maximum atomic E-state index is 8.92. The Labute approximate surface area is 119 Å². The van der Waals surface area contributed by atoms with Crippen LogP contribution in [0.5, 0.6) is 0 Å². The molecule has 2 saturated heterocycles. The van der Waals surface area contributed by atoms with Crippen molar-refractivity contribution in [3.05, 3.63) is 28.8 Å². The zero-order valence-electron chi connectivity index (χ0n) is 11.1. The van der Waals surface area contributed by atoms with Crippen LogP contribution in [0.2, 0.25) is 5.02 Å². The van der Waals surface area contributed by atoms with Gasteiger partial charge in [-0.25, -0.2) is 0 Å². The fourth-order valence-electron chi connectivity index (χ4n) is 3.37. The molecule has 100 valence electrons. The number of anilines is 1. The molecule has 2 bridgehead atoms. The smallest absolute Gasteiger partial charge is 0.101 e. The largest absolute Gasteiger partial charge is 0.371 e. The highest BCUT2D eigenvalue weighted by Gasteiger charge is 2.35. The summed E-state index contributed by atoms with van der Waals surface area (Å²) in [5.74, 6) is 0. The Bertz CT molecular complexity index is 511. The van der Waals surface area contributed by atoms with Crippen LogP contribution in [-0.2, 0) is 0 Å². The molecule has 2 aliphatic heterocycles. The molecule has 2 heterocycles. The van der Waals surface area contributed by atoms with Crippen molar-refractivity contribution < 1.29 is 0 Å². The van der Waals surface area contributed by atoms with E-state index in [1.54, 1.807) is 0 Å². The molecule has 0 radical (unpaired) electrons. The molecule has 19 heavy (non-hydrogen) atoms. The Morgan fingerprint density at radius 1 is 1.32 bits per heavy atom. The molecule has 1 aromatic rings. The van der Waals surface area contributed by atoms with E-state index in [1.807, 2.05) is 18.2 Å². The fraction of sp³-hybridized carbons (Fsp3) is 0.533. The maximum absolute atomic E-state index is 8.92. The molecule has 2 unspecified atom stereocenters. The summed E-state index contributed by atoms with van der Waals surface area (Å²) >= 11 is 6.12. The lowest BCUT2D eigenvalue weighted by Crippen LogP contribution is -2.47. The monoisotopic (exact) mass is 275 g/mol. The summed E-state index contributed by atoms with van der Waals surface area (Å²) < 4.78 is 0. The molecule has 2 aliphatic rings. The van der Waals surface area contributed by atoms with Crippen molar-refractivity contribution in [3.63, 3.8) is 0 Å². The van der Waals surface area contributed by atoms with Gasteiger partial charge in [-0.2, -0.15) is 5.26 Å². The van der Waals surface area contributed by atoms with Gasteiger partial charge < -0.3 is 10.2 Å². The molecule has 0 spiro atoms. The second kappa shape index (κ2) is 5.03. The molecule has 0 aromatic heterocycles. The van der Waals surface area contributed by atoms with Gasteiger partial charge in [-0.1, -0.05) is 11.6 Å². The van der Waals surface area contributed by atoms with Gasteiger partial charge in [0.25, 0.3) is 0 Å². The lowest BCUT2D eigenvalue weighted by atomic mass is 9.98. The summed E-state index contributed by atoms with van der Waals surface area (Å²) in [6.07, 6.45) is 5.02. The Morgan fingerprint density at radius 3 is 2.58 bits per heavy atom. The molecule has 0 saturated carbocycles. The number of benzene rings is 1. The summed E-state index contributed by atoms with van der Waals surface area (Å²) in [7, 11) is 2.13. The molecule has 2 atom stereocenters. The average Bonchev–Trinajstić information content (AvgIpc) is 2.76. The van der Waals surface area contributed by atoms with Gasteiger partial charge >= 0.3 is 0 Å². The van der Waals surface area contributed by atoms with Gasteiger partial charge in [-0.05, 0) is 43.9 Å². The van der Waals surface area contributed by atoms with Crippen LogP contribution in [0.3, 0.4) is 0 Å². The third kappa shape index (κ3) is 2.43. The van der Waals surface area contributed by atoms with Crippen LogP contribution < -0.4 is 10.2 Å². The molecular formula is C15H18ClN3. The number of nitriles is 1. The Kier molecular flexibility index (Phi) is 3.38. The third-order valence-electron chi connectivity index (χ3n) is 4.48. The number of nitrogens with one attached hydrogen (secondary N) is 1. The van der Waals surface area contributed by atoms with E-state index in [2.05, 4.69) is 23.3 Å². The molecular weight excluding hydrogens is 258 g/mol. The van der Waals surface area contributed by atoms with E-state index >= 15 is 0 Å². The van der Waals surface area contributed by atoms with Crippen LogP contribution in [0.4, 0.5) is 5.69 Å². The maximum Gasteiger partial charge on any atom is 0.101 e. The van der Waals surface area contributed by atoms with E-state index in [9.17, 15) is 0 Å². The van der Waals surface area contributed by atoms with E-state index in [4.69, 9.17) is 16.9 Å². The van der Waals surface area contributed by atoms with E-state index in [1.165, 1.54) is 25.7 Å². The summed E-state index contributed by atoms with van der Waals surface area (Å²) in [5, 5.41) is 13.1. The zero-order chi connectivity index (χ0) is 13.4. The number of hydrogen-bond acceptors (Lipinski definition) is 3. The Morgan fingerprint density at radius 2 is 2.00 bits per heavy atom. The van der Waals surface area contributed by atoms with Crippen molar-refractivity contribution in [1.82, 2.24) is 5.32 Å². The van der Waals surface area contributed by atoms with Gasteiger partial charge in [-0.15, -0.1) is 0 Å². The van der Waals surface area contributed by atoms with Gasteiger partial charge in [0.1, 0.15) is 6.07 Å². The molecule has 2 fully saturated rings. The van der Waals surface area contributed by atoms with Crippen LogP contribution in [0.1, 0.15) is 31.2 Å². The lowest BCUT2D eigenvalue weighted by molar-refractivity contribution is 0.355. The number of hydrogen-bond donors (Lipinski definition) is 1. The molecule has 4 heteroatoms. The van der Waals surface area contributed by atoms with Gasteiger partial charge in [0.05, 0.1) is 10.6 Å². The topological polar surface area (TPSA) is 39.1 Å². The number of piperidine rings is 1. The number of fused-ring (bicyclic) bond motifs is 2. The van der Waals surface area contributed by atoms with Gasteiger partial charge in [0, 0.05) is 30.9 Å². The fourth-order valence-corrected chi connectivity index (χ4v) is 3.59. The van der Waals surface area contributed by atoms with Crippen LogP contribution in [0, 0.1) is 11.3 Å². The predicted molar refractivity (Wildman–Crippen MR) is 77.5 cm³/mol. The number of rotatable bonds is 2. The molecule has 1 N–H and O–H groups in total. The highest BCUT2D eigenvalue weighted by molar-refractivity contribution is 6.32. The summed E-state index contributed by atoms with van der Waals surface area (Å²) in [6.45, 7) is 0. The van der Waals surface area contributed by atoms with Crippen molar-refractivity contribution in [2.24, 2.45) is 0 Å². The summed E-state index contributed by atoms with van der Waals surface area (Å²) in [4.78, 5) is 2.32. The average molecular weight is 276 g/mol. The van der Waals surface area contributed by atoms with E-state index in [0.717, 1.165) is 5.69 Å². The molecule has 0 aliphatic carbocycles. The van der Waals surface area contributed by atoms with Crippen molar-refractivity contribution >= 4 is 17.3 Å². The van der Waals surface area contributed by atoms with Gasteiger partial charge in [0.2, 0.25) is 0 Å². The highest BCUT2D eigenvalue weighted by Crippen LogP contribution is 2.32. The minimum absolute atomic E-state index is 0.545. The Hall–Kier alpha value is -1.24. The quantitative estimate of drug-likeness (QED) is 0.902. The molecule has 3 rings (SSSR count). The third-order valence-corrected chi connectivity index (χ3v) is 4.79. The predicted octanol–water partition coefficient (Wildman–Crippen LogP) is 2.93. The lowest BCUT2D eigenvalue weighted by Gasteiger charge is -2.37. The van der Waals surface area contributed by atoms with Gasteiger partial charge in [-0.3, -0.25) is 0 Å². The van der Waals surface area contributed by atoms with E-state index < -0.39 is 0 Å². The second-order valence-electron chi connectivity index (χ2n) is 5.65. The van der Waals surface area contributed by atoms with Crippen LogP contribution >= 0.6 is 11.6 Å². The van der Waals surface area contributed by atoms with Crippen LogP contribution in [-0.4, -0.2) is 25.2 Å². The first-order chi connectivity index (χ1) is 9.17. The first-order valence-corrected chi connectivity index (χ1v) is 7.23. The molecule has 0 amide bonds. The van der Waals surface area contributed by atoms with Crippen molar-refractivity contribution in [2.45, 2.75) is 43.8 Å². The van der Waals surface area contributed by atoms with Crippen LogP contribution in [0.25, 0.3) is 0 Å². The minimum Gasteiger partial charge on any atom is -0.371 e. The van der Waals surface area contributed by atoms with E-state index in [-0.39, 0.29) is 0 Å². The zero-order valence-corrected chi connectivity index (χ0v) is 11.8. The normalized spacial score (nSPS) is 29.0. The summed E-state index contributed by atoms with van der Waals surface area (Å²) in [5.41, 5.74) is 1.65. The van der Waals surface area contributed by atoms with Crippen LogP contribution in [0.15, 0.2) is 18.2 Å². The standard InChI is InChI=1S/C15H18ClN3/c1-19(13-5-2-10(9-17)15(16)8-13)14-6-11-3-4-12(7-14)18-11/h2,5,8,11-12,14,18H,3-4,6-7H2,1H3. The highest BCUT2D eigenvalue weighted by atomic mass is 35.5.